The van der Waals surface area contributed by atoms with Gasteiger partial charge in [0.15, 0.2) is 0 Å². The van der Waals surface area contributed by atoms with Crippen molar-refractivity contribution in [3.05, 3.63) is 29.3 Å². The Hall–Kier alpha value is -1.02. The Morgan fingerprint density at radius 2 is 2.00 bits per heavy atom. The summed E-state index contributed by atoms with van der Waals surface area (Å²) in [5.74, 6) is 1.52. The average molecular weight is 275 g/mol. The Morgan fingerprint density at radius 1 is 1.30 bits per heavy atom. The van der Waals surface area contributed by atoms with Gasteiger partial charge in [-0.25, -0.2) is 0 Å². The quantitative estimate of drug-likeness (QED) is 0.887. The first-order valence-electron chi connectivity index (χ1n) is 7.84. The van der Waals surface area contributed by atoms with Gasteiger partial charge in [0.05, 0.1) is 0 Å². The molecule has 0 amide bonds. The lowest BCUT2D eigenvalue weighted by atomic mass is 9.72. The molecule has 2 N–H and O–H groups in total. The first kappa shape index (κ1) is 15.4. The number of ether oxygens (including phenoxy) is 1. The molecule has 0 spiro atoms. The molecule has 1 fully saturated rings. The van der Waals surface area contributed by atoms with Crippen LogP contribution in [-0.4, -0.2) is 12.1 Å². The molecule has 1 aliphatic rings. The van der Waals surface area contributed by atoms with Crippen molar-refractivity contribution >= 4 is 0 Å². The fraction of sp³-hybridized carbons (Fsp3) is 0.667. The molecule has 0 bridgehead atoms. The first-order chi connectivity index (χ1) is 9.31. The summed E-state index contributed by atoms with van der Waals surface area (Å²) in [6, 6.07) is 6.55. The summed E-state index contributed by atoms with van der Waals surface area (Å²) in [5.41, 5.74) is 9.27. The van der Waals surface area contributed by atoms with Crippen molar-refractivity contribution in [2.45, 2.75) is 71.9 Å². The summed E-state index contributed by atoms with van der Waals surface area (Å²) in [6.45, 7) is 11.1. The molecular weight excluding hydrogens is 246 g/mol. The maximum absolute atomic E-state index is 6.40. The van der Waals surface area contributed by atoms with Gasteiger partial charge in [0.25, 0.3) is 0 Å². The Balaban J connectivity index is 2.12. The summed E-state index contributed by atoms with van der Waals surface area (Å²) in [4.78, 5) is 0. The molecule has 0 saturated heterocycles. The molecule has 1 aromatic rings. The summed E-state index contributed by atoms with van der Waals surface area (Å²) < 4.78 is 6.19. The molecule has 1 aliphatic carbocycles. The number of hydrogen-bond acceptors (Lipinski definition) is 2. The Bertz CT molecular complexity index is 464. The van der Waals surface area contributed by atoms with E-state index >= 15 is 0 Å². The molecule has 2 rings (SSSR count). The molecule has 0 radical (unpaired) electrons. The van der Waals surface area contributed by atoms with Gasteiger partial charge in [0.1, 0.15) is 11.9 Å². The molecule has 1 aromatic carbocycles. The van der Waals surface area contributed by atoms with E-state index in [4.69, 9.17) is 10.5 Å². The molecule has 0 heterocycles. The van der Waals surface area contributed by atoms with E-state index in [2.05, 4.69) is 52.8 Å². The monoisotopic (exact) mass is 275 g/mol. The van der Waals surface area contributed by atoms with E-state index in [0.717, 1.165) is 12.2 Å². The smallest absolute Gasteiger partial charge is 0.120 e. The predicted octanol–water partition coefficient (Wildman–Crippen LogP) is 4.40. The van der Waals surface area contributed by atoms with Crippen LogP contribution < -0.4 is 10.5 Å². The zero-order chi connectivity index (χ0) is 14.9. The third-order valence-corrected chi connectivity index (χ3v) is 4.76. The lowest BCUT2D eigenvalue weighted by Crippen LogP contribution is -2.51. The fourth-order valence-corrected chi connectivity index (χ4v) is 3.28. The zero-order valence-corrected chi connectivity index (χ0v) is 13.6. The largest absolute Gasteiger partial charge is 0.489 e. The van der Waals surface area contributed by atoms with Gasteiger partial charge in [-0.1, -0.05) is 33.8 Å². The van der Waals surface area contributed by atoms with Gasteiger partial charge in [0.2, 0.25) is 0 Å². The van der Waals surface area contributed by atoms with Gasteiger partial charge in [-0.15, -0.1) is 0 Å². The molecule has 2 nitrogen and oxygen atoms in total. The SMILES string of the molecule is Cc1cc(OC2CCCC(C)(C)C2N)ccc1C(C)C. The second-order valence-electron chi connectivity index (χ2n) is 7.24. The molecule has 1 saturated carbocycles. The minimum Gasteiger partial charge on any atom is -0.489 e. The highest BCUT2D eigenvalue weighted by Crippen LogP contribution is 2.36. The van der Waals surface area contributed by atoms with Crippen molar-refractivity contribution in [1.29, 1.82) is 0 Å². The molecule has 2 atom stereocenters. The van der Waals surface area contributed by atoms with Crippen LogP contribution in [0.2, 0.25) is 0 Å². The van der Waals surface area contributed by atoms with E-state index in [9.17, 15) is 0 Å². The lowest BCUT2D eigenvalue weighted by molar-refractivity contribution is 0.0567. The summed E-state index contributed by atoms with van der Waals surface area (Å²) in [6.07, 6.45) is 3.60. The van der Waals surface area contributed by atoms with Gasteiger partial charge in [-0.3, -0.25) is 0 Å². The number of aryl methyl sites for hydroxylation is 1. The van der Waals surface area contributed by atoms with Crippen LogP contribution in [-0.2, 0) is 0 Å². The summed E-state index contributed by atoms with van der Waals surface area (Å²) in [7, 11) is 0. The standard InChI is InChI=1S/C18H29NO/c1-12(2)15-9-8-14(11-13(15)3)20-16-7-6-10-18(4,5)17(16)19/h8-9,11-12,16-17H,6-7,10,19H2,1-5H3. The van der Waals surface area contributed by atoms with Crippen LogP contribution in [0.5, 0.6) is 5.75 Å². The molecule has 112 valence electrons. The predicted molar refractivity (Wildman–Crippen MR) is 85.3 cm³/mol. The van der Waals surface area contributed by atoms with Crippen LogP contribution >= 0.6 is 0 Å². The van der Waals surface area contributed by atoms with Crippen molar-refractivity contribution in [2.75, 3.05) is 0 Å². The zero-order valence-electron chi connectivity index (χ0n) is 13.6. The van der Waals surface area contributed by atoms with Crippen molar-refractivity contribution in [1.82, 2.24) is 0 Å². The molecule has 20 heavy (non-hydrogen) atoms. The third-order valence-electron chi connectivity index (χ3n) is 4.76. The summed E-state index contributed by atoms with van der Waals surface area (Å²) >= 11 is 0. The third kappa shape index (κ3) is 3.17. The minimum atomic E-state index is 0.112. The van der Waals surface area contributed by atoms with Crippen molar-refractivity contribution in [2.24, 2.45) is 11.1 Å². The van der Waals surface area contributed by atoms with Crippen LogP contribution in [0.25, 0.3) is 0 Å². The van der Waals surface area contributed by atoms with E-state index in [1.165, 1.54) is 24.0 Å². The number of nitrogens with two attached hydrogens (primary N) is 1. The van der Waals surface area contributed by atoms with E-state index in [1.54, 1.807) is 0 Å². The van der Waals surface area contributed by atoms with E-state index in [-0.39, 0.29) is 17.6 Å². The Morgan fingerprint density at radius 3 is 2.60 bits per heavy atom. The van der Waals surface area contributed by atoms with Crippen LogP contribution in [0.15, 0.2) is 18.2 Å². The first-order valence-corrected chi connectivity index (χ1v) is 7.84. The Kier molecular flexibility index (Phi) is 4.43. The molecular formula is C18H29NO. The maximum Gasteiger partial charge on any atom is 0.120 e. The second kappa shape index (κ2) is 5.77. The molecule has 2 unspecified atom stereocenters. The normalized spacial score (nSPS) is 25.8. The van der Waals surface area contributed by atoms with Gasteiger partial charge in [-0.05, 0) is 60.8 Å². The average Bonchev–Trinajstić information content (AvgIpc) is 2.34. The van der Waals surface area contributed by atoms with Crippen molar-refractivity contribution in [3.63, 3.8) is 0 Å². The molecule has 2 heteroatoms. The molecule has 0 aliphatic heterocycles. The van der Waals surface area contributed by atoms with E-state index in [1.807, 2.05) is 0 Å². The molecule has 0 aromatic heterocycles. The van der Waals surface area contributed by atoms with E-state index in [0.29, 0.717) is 5.92 Å². The van der Waals surface area contributed by atoms with E-state index < -0.39 is 0 Å². The topological polar surface area (TPSA) is 35.2 Å². The van der Waals surface area contributed by atoms with Crippen molar-refractivity contribution < 1.29 is 4.74 Å². The summed E-state index contributed by atoms with van der Waals surface area (Å²) in [5, 5.41) is 0. The van der Waals surface area contributed by atoms with Crippen LogP contribution in [0, 0.1) is 12.3 Å². The number of rotatable bonds is 3. The fourth-order valence-electron chi connectivity index (χ4n) is 3.28. The van der Waals surface area contributed by atoms with Crippen molar-refractivity contribution in [3.8, 4) is 5.75 Å². The van der Waals surface area contributed by atoms with Crippen LogP contribution in [0.3, 0.4) is 0 Å². The van der Waals surface area contributed by atoms with Crippen LogP contribution in [0.4, 0.5) is 0 Å². The lowest BCUT2D eigenvalue weighted by Gasteiger charge is -2.41. The minimum absolute atomic E-state index is 0.112. The second-order valence-corrected chi connectivity index (χ2v) is 7.24. The number of hydrogen-bond donors (Lipinski definition) is 1. The van der Waals surface area contributed by atoms with Gasteiger partial charge < -0.3 is 10.5 Å². The Labute approximate surface area is 123 Å². The highest BCUT2D eigenvalue weighted by Gasteiger charge is 2.37. The van der Waals surface area contributed by atoms with Crippen LogP contribution in [0.1, 0.15) is 64.0 Å². The highest BCUT2D eigenvalue weighted by atomic mass is 16.5. The van der Waals surface area contributed by atoms with Gasteiger partial charge in [-0.2, -0.15) is 0 Å². The maximum atomic E-state index is 6.40. The highest BCUT2D eigenvalue weighted by molar-refractivity contribution is 5.36. The van der Waals surface area contributed by atoms with Gasteiger partial charge in [0, 0.05) is 6.04 Å². The number of benzene rings is 1. The van der Waals surface area contributed by atoms with Gasteiger partial charge >= 0.3 is 0 Å².